The van der Waals surface area contributed by atoms with Crippen LogP contribution < -0.4 is 0 Å². The molecule has 0 aliphatic carbocycles. The largest absolute Gasteiger partial charge is 0.366 e. The Balaban J connectivity index is 1.74. The van der Waals surface area contributed by atoms with Gasteiger partial charge in [0.2, 0.25) is 5.91 Å². The van der Waals surface area contributed by atoms with Gasteiger partial charge < -0.3 is 9.64 Å². The first-order valence-corrected chi connectivity index (χ1v) is 7.47. The number of hydrogen-bond donors (Lipinski definition) is 0. The van der Waals surface area contributed by atoms with E-state index in [9.17, 15) is 4.79 Å². The fourth-order valence-corrected chi connectivity index (χ4v) is 2.27. The number of rotatable bonds is 4. The number of piperazine rings is 1. The Morgan fingerprint density at radius 1 is 1.29 bits per heavy atom. The minimum absolute atomic E-state index is 0.0888. The predicted molar refractivity (Wildman–Crippen MR) is 81.8 cm³/mol. The Bertz CT molecular complexity index is 448. The first kappa shape index (κ1) is 15.9. The summed E-state index contributed by atoms with van der Waals surface area (Å²) in [4.78, 5) is 20.5. The fraction of sp³-hybridized carbons (Fsp3) is 0.625. The Morgan fingerprint density at radius 3 is 2.57 bits per heavy atom. The topological polar surface area (TPSA) is 45.7 Å². The molecule has 116 valence electrons. The highest BCUT2D eigenvalue weighted by atomic mass is 16.5. The van der Waals surface area contributed by atoms with Gasteiger partial charge in [-0.1, -0.05) is 6.07 Å². The van der Waals surface area contributed by atoms with Gasteiger partial charge in [-0.15, -0.1) is 0 Å². The van der Waals surface area contributed by atoms with E-state index in [1.807, 2.05) is 37.9 Å². The molecule has 0 N–H and O–H groups in total. The van der Waals surface area contributed by atoms with Crippen LogP contribution in [0.1, 0.15) is 26.3 Å². The van der Waals surface area contributed by atoms with E-state index in [4.69, 9.17) is 4.74 Å². The second-order valence-corrected chi connectivity index (χ2v) is 6.42. The van der Waals surface area contributed by atoms with Crippen LogP contribution >= 0.6 is 0 Å². The molecule has 5 nitrogen and oxygen atoms in total. The number of carbonyl (C=O) groups excluding carboxylic acids is 1. The summed E-state index contributed by atoms with van der Waals surface area (Å²) in [6.07, 6.45) is 3.68. The van der Waals surface area contributed by atoms with Crippen molar-refractivity contribution in [1.82, 2.24) is 14.8 Å². The van der Waals surface area contributed by atoms with E-state index in [1.54, 1.807) is 6.20 Å². The smallest absolute Gasteiger partial charge is 0.248 e. The number of nitrogens with zero attached hydrogens (tertiary/aromatic N) is 3. The molecule has 0 radical (unpaired) electrons. The minimum Gasteiger partial charge on any atom is -0.366 e. The molecular weight excluding hydrogens is 266 g/mol. The third-order valence-electron chi connectivity index (χ3n) is 3.48. The molecule has 5 heteroatoms. The Kier molecular flexibility index (Phi) is 5.31. The second-order valence-electron chi connectivity index (χ2n) is 6.42. The zero-order valence-electron chi connectivity index (χ0n) is 13.2. The molecule has 1 aliphatic rings. The maximum atomic E-state index is 12.1. The summed E-state index contributed by atoms with van der Waals surface area (Å²) in [5, 5.41) is 0. The zero-order valence-corrected chi connectivity index (χ0v) is 13.2. The third-order valence-corrected chi connectivity index (χ3v) is 3.48. The van der Waals surface area contributed by atoms with Crippen LogP contribution in [-0.2, 0) is 16.1 Å². The summed E-state index contributed by atoms with van der Waals surface area (Å²) in [6.45, 7) is 10.3. The maximum absolute atomic E-state index is 12.1. The SMILES string of the molecule is CC(C)(C)OCC(=O)N1CCN(Cc2cccnc2)CC1. The van der Waals surface area contributed by atoms with Crippen LogP contribution in [-0.4, -0.2) is 59.1 Å². The monoisotopic (exact) mass is 291 g/mol. The first-order chi connectivity index (χ1) is 9.94. The summed E-state index contributed by atoms with van der Waals surface area (Å²) in [6, 6.07) is 4.04. The lowest BCUT2D eigenvalue weighted by molar-refractivity contribution is -0.142. The molecule has 2 rings (SSSR count). The van der Waals surface area contributed by atoms with Gasteiger partial charge in [-0.05, 0) is 32.4 Å². The molecule has 2 heterocycles. The quantitative estimate of drug-likeness (QED) is 0.844. The fourth-order valence-electron chi connectivity index (χ4n) is 2.27. The Labute approximate surface area is 126 Å². The van der Waals surface area contributed by atoms with Crippen molar-refractivity contribution in [3.63, 3.8) is 0 Å². The predicted octanol–water partition coefficient (Wildman–Crippen LogP) is 1.54. The second kappa shape index (κ2) is 7.00. The van der Waals surface area contributed by atoms with Crippen molar-refractivity contribution in [3.05, 3.63) is 30.1 Å². The van der Waals surface area contributed by atoms with E-state index in [0.717, 1.165) is 32.7 Å². The Hall–Kier alpha value is -1.46. The number of hydrogen-bond acceptors (Lipinski definition) is 4. The van der Waals surface area contributed by atoms with Crippen molar-refractivity contribution in [3.8, 4) is 0 Å². The van der Waals surface area contributed by atoms with Crippen LogP contribution in [0, 0.1) is 0 Å². The molecule has 1 aliphatic heterocycles. The van der Waals surface area contributed by atoms with E-state index >= 15 is 0 Å². The van der Waals surface area contributed by atoms with Crippen molar-refractivity contribution in [2.45, 2.75) is 32.9 Å². The van der Waals surface area contributed by atoms with Crippen molar-refractivity contribution in [2.75, 3.05) is 32.8 Å². The van der Waals surface area contributed by atoms with Crippen LogP contribution in [0.25, 0.3) is 0 Å². The van der Waals surface area contributed by atoms with Crippen molar-refractivity contribution < 1.29 is 9.53 Å². The van der Waals surface area contributed by atoms with Crippen LogP contribution in [0.5, 0.6) is 0 Å². The third kappa shape index (κ3) is 5.44. The number of aromatic nitrogens is 1. The van der Waals surface area contributed by atoms with Crippen LogP contribution in [0.4, 0.5) is 0 Å². The number of ether oxygens (including phenoxy) is 1. The standard InChI is InChI=1S/C16H25N3O2/c1-16(2,3)21-13-15(20)19-9-7-18(8-10-19)12-14-5-4-6-17-11-14/h4-6,11H,7-10,12-13H2,1-3H3. The van der Waals surface area contributed by atoms with Crippen molar-refractivity contribution >= 4 is 5.91 Å². The molecule has 1 saturated heterocycles. The van der Waals surface area contributed by atoms with Gasteiger partial charge in [0.1, 0.15) is 6.61 Å². The summed E-state index contributed by atoms with van der Waals surface area (Å²) in [5.41, 5.74) is 0.950. The highest BCUT2D eigenvalue weighted by Gasteiger charge is 2.22. The van der Waals surface area contributed by atoms with E-state index in [0.29, 0.717) is 0 Å². The summed E-state index contributed by atoms with van der Waals surface area (Å²) in [5.74, 6) is 0.0888. The molecule has 1 aromatic heterocycles. The average molecular weight is 291 g/mol. The minimum atomic E-state index is -0.266. The molecule has 0 bridgehead atoms. The lowest BCUT2D eigenvalue weighted by Crippen LogP contribution is -2.49. The van der Waals surface area contributed by atoms with Crippen LogP contribution in [0.2, 0.25) is 0 Å². The maximum Gasteiger partial charge on any atom is 0.248 e. The molecule has 1 aromatic rings. The summed E-state index contributed by atoms with van der Waals surface area (Å²) in [7, 11) is 0. The first-order valence-electron chi connectivity index (χ1n) is 7.47. The molecule has 21 heavy (non-hydrogen) atoms. The van der Waals surface area contributed by atoms with E-state index < -0.39 is 0 Å². The van der Waals surface area contributed by atoms with Gasteiger partial charge in [0.25, 0.3) is 0 Å². The highest BCUT2D eigenvalue weighted by Crippen LogP contribution is 2.10. The van der Waals surface area contributed by atoms with E-state index in [-0.39, 0.29) is 18.1 Å². The molecule has 0 aromatic carbocycles. The Morgan fingerprint density at radius 2 is 2.00 bits per heavy atom. The molecule has 0 unspecified atom stereocenters. The van der Waals surface area contributed by atoms with Crippen LogP contribution in [0.15, 0.2) is 24.5 Å². The van der Waals surface area contributed by atoms with Crippen molar-refractivity contribution in [1.29, 1.82) is 0 Å². The van der Waals surface area contributed by atoms with E-state index in [2.05, 4.69) is 16.0 Å². The van der Waals surface area contributed by atoms with Gasteiger partial charge in [0, 0.05) is 45.1 Å². The number of pyridine rings is 1. The lowest BCUT2D eigenvalue weighted by atomic mass is 10.2. The van der Waals surface area contributed by atoms with Gasteiger partial charge in [0.15, 0.2) is 0 Å². The average Bonchev–Trinajstić information content (AvgIpc) is 2.46. The molecular formula is C16H25N3O2. The molecule has 1 fully saturated rings. The van der Waals surface area contributed by atoms with Gasteiger partial charge >= 0.3 is 0 Å². The van der Waals surface area contributed by atoms with Crippen LogP contribution in [0.3, 0.4) is 0 Å². The highest BCUT2D eigenvalue weighted by molar-refractivity contribution is 5.77. The molecule has 0 saturated carbocycles. The molecule has 1 amide bonds. The summed E-state index contributed by atoms with van der Waals surface area (Å²) >= 11 is 0. The molecule has 0 spiro atoms. The van der Waals surface area contributed by atoms with Gasteiger partial charge in [-0.25, -0.2) is 0 Å². The van der Waals surface area contributed by atoms with Gasteiger partial charge in [-0.2, -0.15) is 0 Å². The summed E-state index contributed by atoms with van der Waals surface area (Å²) < 4.78 is 5.55. The van der Waals surface area contributed by atoms with Gasteiger partial charge in [0.05, 0.1) is 5.60 Å². The van der Waals surface area contributed by atoms with E-state index in [1.165, 1.54) is 5.56 Å². The normalized spacial score (nSPS) is 17.0. The number of carbonyl (C=O) groups is 1. The number of amides is 1. The van der Waals surface area contributed by atoms with Crippen molar-refractivity contribution in [2.24, 2.45) is 0 Å². The van der Waals surface area contributed by atoms with Gasteiger partial charge in [-0.3, -0.25) is 14.7 Å². The zero-order chi connectivity index (χ0) is 15.3. The lowest BCUT2D eigenvalue weighted by Gasteiger charge is -2.35. The molecule has 0 atom stereocenters.